The molecule has 0 unspecified atom stereocenters. The molecular weight excluding hydrogens is 290 g/mol. The van der Waals surface area contributed by atoms with E-state index < -0.39 is 0 Å². The maximum absolute atomic E-state index is 12.1. The van der Waals surface area contributed by atoms with Gasteiger partial charge in [0, 0.05) is 0 Å². The Morgan fingerprint density at radius 1 is 1.04 bits per heavy atom. The number of ether oxygens (including phenoxy) is 2. The van der Waals surface area contributed by atoms with E-state index in [0.717, 1.165) is 5.56 Å². The third-order valence-corrected chi connectivity index (χ3v) is 3.12. The third-order valence-electron chi connectivity index (χ3n) is 3.12. The van der Waals surface area contributed by atoms with Crippen LogP contribution in [0.4, 0.5) is 5.69 Å². The zero-order valence-corrected chi connectivity index (χ0v) is 13.8. The molecule has 0 saturated heterocycles. The third kappa shape index (κ3) is 5.66. The van der Waals surface area contributed by atoms with E-state index in [1.54, 1.807) is 0 Å². The molecule has 4 nitrogen and oxygen atoms in total. The highest BCUT2D eigenvalue weighted by atomic mass is 16.5. The Balaban J connectivity index is 1.90. The van der Waals surface area contributed by atoms with Crippen LogP contribution in [0.1, 0.15) is 19.4 Å². The molecule has 0 fully saturated rings. The van der Waals surface area contributed by atoms with Crippen LogP contribution in [0.2, 0.25) is 0 Å². The van der Waals surface area contributed by atoms with E-state index in [-0.39, 0.29) is 12.5 Å². The van der Waals surface area contributed by atoms with Crippen molar-refractivity contribution in [2.45, 2.75) is 20.8 Å². The molecule has 2 aromatic carbocycles. The molecule has 4 heteroatoms. The zero-order valence-electron chi connectivity index (χ0n) is 13.8. The lowest BCUT2D eigenvalue weighted by Gasteiger charge is -2.14. The average molecular weight is 313 g/mol. The van der Waals surface area contributed by atoms with E-state index in [1.165, 1.54) is 0 Å². The number of anilines is 1. The van der Waals surface area contributed by atoms with Gasteiger partial charge in [-0.3, -0.25) is 4.79 Å². The first-order valence-corrected chi connectivity index (χ1v) is 7.75. The van der Waals surface area contributed by atoms with E-state index in [9.17, 15) is 4.79 Å². The number of amides is 1. The van der Waals surface area contributed by atoms with E-state index in [0.29, 0.717) is 29.7 Å². The molecule has 0 radical (unpaired) electrons. The van der Waals surface area contributed by atoms with Gasteiger partial charge in [0.1, 0.15) is 11.5 Å². The van der Waals surface area contributed by atoms with Crippen LogP contribution in [0.3, 0.4) is 0 Å². The van der Waals surface area contributed by atoms with Crippen LogP contribution in [-0.2, 0) is 4.79 Å². The number of nitrogens with one attached hydrogen (secondary N) is 1. The second-order valence-corrected chi connectivity index (χ2v) is 5.85. The molecule has 0 aliphatic rings. The molecule has 0 bridgehead atoms. The fraction of sp³-hybridized carbons (Fsp3) is 0.316. The second-order valence-electron chi connectivity index (χ2n) is 5.85. The summed E-state index contributed by atoms with van der Waals surface area (Å²) in [6.45, 7) is 6.73. The van der Waals surface area contributed by atoms with Crippen LogP contribution in [0.15, 0.2) is 48.5 Å². The zero-order chi connectivity index (χ0) is 16.7. The Morgan fingerprint density at radius 2 is 1.74 bits per heavy atom. The molecule has 122 valence electrons. The molecule has 0 heterocycles. The average Bonchev–Trinajstić information content (AvgIpc) is 2.53. The normalized spacial score (nSPS) is 10.4. The monoisotopic (exact) mass is 313 g/mol. The van der Waals surface area contributed by atoms with Gasteiger partial charge in [0.15, 0.2) is 6.61 Å². The van der Waals surface area contributed by atoms with Crippen LogP contribution >= 0.6 is 0 Å². The Kier molecular flexibility index (Phi) is 6.03. The van der Waals surface area contributed by atoms with Gasteiger partial charge < -0.3 is 14.8 Å². The van der Waals surface area contributed by atoms with E-state index in [2.05, 4.69) is 19.2 Å². The van der Waals surface area contributed by atoms with Gasteiger partial charge in [-0.15, -0.1) is 0 Å². The number of rotatable bonds is 7. The minimum Gasteiger partial charge on any atom is -0.491 e. The van der Waals surface area contributed by atoms with Crippen molar-refractivity contribution in [1.82, 2.24) is 0 Å². The van der Waals surface area contributed by atoms with Crippen molar-refractivity contribution in [2.75, 3.05) is 18.5 Å². The molecule has 0 aromatic heterocycles. The quantitative estimate of drug-likeness (QED) is 0.839. The van der Waals surface area contributed by atoms with Gasteiger partial charge in [-0.2, -0.15) is 0 Å². The topological polar surface area (TPSA) is 47.6 Å². The van der Waals surface area contributed by atoms with Crippen LogP contribution in [-0.4, -0.2) is 19.1 Å². The summed E-state index contributed by atoms with van der Waals surface area (Å²) < 4.78 is 11.2. The highest BCUT2D eigenvalue weighted by Crippen LogP contribution is 2.24. The molecule has 0 spiro atoms. The van der Waals surface area contributed by atoms with Gasteiger partial charge >= 0.3 is 0 Å². The van der Waals surface area contributed by atoms with Gasteiger partial charge in [-0.1, -0.05) is 43.7 Å². The van der Waals surface area contributed by atoms with Crippen molar-refractivity contribution in [3.8, 4) is 11.5 Å². The van der Waals surface area contributed by atoms with Crippen LogP contribution in [0.5, 0.6) is 11.5 Å². The Morgan fingerprint density at radius 3 is 2.43 bits per heavy atom. The lowest BCUT2D eigenvalue weighted by Crippen LogP contribution is -2.20. The van der Waals surface area contributed by atoms with Gasteiger partial charge in [0.2, 0.25) is 0 Å². The van der Waals surface area contributed by atoms with Crippen LogP contribution < -0.4 is 14.8 Å². The fourth-order valence-electron chi connectivity index (χ4n) is 1.92. The summed E-state index contributed by atoms with van der Waals surface area (Å²) in [5.41, 5.74) is 1.81. The maximum Gasteiger partial charge on any atom is 0.262 e. The second kappa shape index (κ2) is 8.22. The summed E-state index contributed by atoms with van der Waals surface area (Å²) in [5, 5.41) is 2.83. The molecular formula is C19H23NO3. The predicted octanol–water partition coefficient (Wildman–Crippen LogP) is 4.05. The number of hydrogen-bond acceptors (Lipinski definition) is 3. The minimum atomic E-state index is -0.217. The number of aryl methyl sites for hydroxylation is 1. The molecule has 0 aliphatic heterocycles. The summed E-state index contributed by atoms with van der Waals surface area (Å²) in [4.78, 5) is 12.1. The van der Waals surface area contributed by atoms with Crippen molar-refractivity contribution in [1.29, 1.82) is 0 Å². The summed E-state index contributed by atoms with van der Waals surface area (Å²) in [6, 6.07) is 15.0. The van der Waals surface area contributed by atoms with Crippen molar-refractivity contribution in [2.24, 2.45) is 5.92 Å². The van der Waals surface area contributed by atoms with Gasteiger partial charge in [-0.05, 0) is 37.1 Å². The number of carbonyl (C=O) groups excluding carboxylic acids is 1. The minimum absolute atomic E-state index is 0.0401. The molecule has 2 aromatic rings. The van der Waals surface area contributed by atoms with Crippen molar-refractivity contribution >= 4 is 11.6 Å². The summed E-state index contributed by atoms with van der Waals surface area (Å²) in [7, 11) is 0. The predicted molar refractivity (Wildman–Crippen MR) is 92.1 cm³/mol. The summed E-state index contributed by atoms with van der Waals surface area (Å²) in [5.74, 6) is 1.55. The SMILES string of the molecule is Cc1ccc(OCC(=O)Nc2ccccc2OCC(C)C)cc1. The molecule has 2 rings (SSSR count). The lowest BCUT2D eigenvalue weighted by molar-refractivity contribution is -0.118. The molecule has 1 N–H and O–H groups in total. The Hall–Kier alpha value is -2.49. The van der Waals surface area contributed by atoms with Gasteiger partial charge in [-0.25, -0.2) is 0 Å². The Labute approximate surface area is 137 Å². The maximum atomic E-state index is 12.1. The standard InChI is InChI=1S/C19H23NO3/c1-14(2)12-23-18-7-5-4-6-17(18)20-19(21)13-22-16-10-8-15(3)9-11-16/h4-11,14H,12-13H2,1-3H3,(H,20,21). The molecule has 0 saturated carbocycles. The molecule has 0 aliphatic carbocycles. The number of para-hydroxylation sites is 2. The van der Waals surface area contributed by atoms with Crippen molar-refractivity contribution in [3.05, 3.63) is 54.1 Å². The van der Waals surface area contributed by atoms with E-state index in [1.807, 2.05) is 55.5 Å². The molecule has 23 heavy (non-hydrogen) atoms. The van der Waals surface area contributed by atoms with Gasteiger partial charge in [0.05, 0.1) is 12.3 Å². The highest BCUT2D eigenvalue weighted by Gasteiger charge is 2.09. The smallest absolute Gasteiger partial charge is 0.262 e. The van der Waals surface area contributed by atoms with Crippen LogP contribution in [0, 0.1) is 12.8 Å². The molecule has 1 amide bonds. The highest BCUT2D eigenvalue weighted by molar-refractivity contribution is 5.93. The van der Waals surface area contributed by atoms with Crippen LogP contribution in [0.25, 0.3) is 0 Å². The first kappa shape index (κ1) is 16.9. The number of hydrogen-bond donors (Lipinski definition) is 1. The lowest BCUT2D eigenvalue weighted by atomic mass is 10.2. The molecule has 0 atom stereocenters. The summed E-state index contributed by atoms with van der Waals surface area (Å²) in [6.07, 6.45) is 0. The van der Waals surface area contributed by atoms with Gasteiger partial charge in [0.25, 0.3) is 5.91 Å². The van der Waals surface area contributed by atoms with Crippen molar-refractivity contribution < 1.29 is 14.3 Å². The first-order chi connectivity index (χ1) is 11.0. The largest absolute Gasteiger partial charge is 0.491 e. The number of benzene rings is 2. The fourth-order valence-corrected chi connectivity index (χ4v) is 1.92. The van der Waals surface area contributed by atoms with Crippen molar-refractivity contribution in [3.63, 3.8) is 0 Å². The summed E-state index contributed by atoms with van der Waals surface area (Å²) >= 11 is 0. The van der Waals surface area contributed by atoms with E-state index >= 15 is 0 Å². The van der Waals surface area contributed by atoms with E-state index in [4.69, 9.17) is 9.47 Å². The Bertz CT molecular complexity index is 635. The number of carbonyl (C=O) groups is 1. The first-order valence-electron chi connectivity index (χ1n) is 7.75.